The molecular formula is C30H37NO2. The van der Waals surface area contributed by atoms with Crippen LogP contribution in [0.25, 0.3) is 0 Å². The zero-order valence-corrected chi connectivity index (χ0v) is 19.8. The molecule has 4 rings (SSSR count). The van der Waals surface area contributed by atoms with Crippen molar-refractivity contribution < 1.29 is 9.84 Å². The second-order valence-corrected chi connectivity index (χ2v) is 9.31. The number of nitrogens with zero attached hydrogens (tertiary/aromatic N) is 1. The van der Waals surface area contributed by atoms with Gasteiger partial charge in [0.15, 0.2) is 0 Å². The number of likely N-dealkylation sites (tertiary alicyclic amines) is 1. The highest BCUT2D eigenvalue weighted by molar-refractivity contribution is 5.32. The fraction of sp³-hybridized carbons (Fsp3) is 0.400. The number of aliphatic hydroxyl groups excluding tert-OH is 1. The van der Waals surface area contributed by atoms with E-state index in [9.17, 15) is 5.11 Å². The molecule has 0 spiro atoms. The Bertz CT molecular complexity index is 895. The molecule has 0 amide bonds. The minimum Gasteiger partial charge on any atom is -0.497 e. The summed E-state index contributed by atoms with van der Waals surface area (Å²) < 4.78 is 5.24. The minimum atomic E-state index is -0.267. The molecule has 174 valence electrons. The van der Waals surface area contributed by atoms with Crippen molar-refractivity contribution >= 4 is 0 Å². The third-order valence-corrected chi connectivity index (χ3v) is 7.16. The first-order valence-corrected chi connectivity index (χ1v) is 12.4. The Labute approximate surface area is 199 Å². The van der Waals surface area contributed by atoms with Gasteiger partial charge in [-0.1, -0.05) is 72.8 Å². The first kappa shape index (κ1) is 23.5. The minimum absolute atomic E-state index is 0.241. The van der Waals surface area contributed by atoms with Crippen LogP contribution in [0.5, 0.6) is 5.75 Å². The summed E-state index contributed by atoms with van der Waals surface area (Å²) in [6.07, 6.45) is 4.96. The maximum Gasteiger partial charge on any atom is 0.118 e. The second-order valence-electron chi connectivity index (χ2n) is 9.31. The molecular weight excluding hydrogens is 406 g/mol. The van der Waals surface area contributed by atoms with Crippen LogP contribution in [-0.4, -0.2) is 42.9 Å². The molecule has 3 nitrogen and oxygen atoms in total. The number of hydrogen-bond donors (Lipinski definition) is 1. The van der Waals surface area contributed by atoms with Crippen molar-refractivity contribution in [1.82, 2.24) is 4.90 Å². The monoisotopic (exact) mass is 443 g/mol. The number of aryl methyl sites for hydroxylation is 1. The molecule has 0 radical (unpaired) electrons. The molecule has 0 saturated carbocycles. The number of hydrogen-bond acceptors (Lipinski definition) is 3. The molecule has 1 unspecified atom stereocenters. The molecule has 3 aromatic rings. The van der Waals surface area contributed by atoms with E-state index in [2.05, 4.69) is 77.7 Å². The molecule has 1 saturated heterocycles. The van der Waals surface area contributed by atoms with Gasteiger partial charge in [-0.3, -0.25) is 0 Å². The lowest BCUT2D eigenvalue weighted by Gasteiger charge is -2.35. The van der Waals surface area contributed by atoms with Crippen molar-refractivity contribution in [3.05, 3.63) is 102 Å². The van der Waals surface area contributed by atoms with E-state index in [0.29, 0.717) is 5.92 Å². The second kappa shape index (κ2) is 12.0. The van der Waals surface area contributed by atoms with Gasteiger partial charge in [-0.15, -0.1) is 0 Å². The van der Waals surface area contributed by atoms with Crippen LogP contribution < -0.4 is 4.74 Å². The van der Waals surface area contributed by atoms with Crippen LogP contribution in [0.3, 0.4) is 0 Å². The number of ether oxygens (including phenoxy) is 1. The SMILES string of the molecule is COc1ccc(CCCN2CCC(C(O)CC(c3ccccc3)c3ccccc3)CC2)cc1. The molecule has 1 atom stereocenters. The highest BCUT2D eigenvalue weighted by Crippen LogP contribution is 2.33. The predicted octanol–water partition coefficient (Wildman–Crippen LogP) is 5.92. The Hall–Kier alpha value is -2.62. The van der Waals surface area contributed by atoms with Crippen molar-refractivity contribution in [3.63, 3.8) is 0 Å². The molecule has 0 aliphatic carbocycles. The van der Waals surface area contributed by atoms with Crippen LogP contribution in [0.1, 0.15) is 48.3 Å². The summed E-state index contributed by atoms with van der Waals surface area (Å²) >= 11 is 0. The van der Waals surface area contributed by atoms with Crippen molar-refractivity contribution in [2.75, 3.05) is 26.7 Å². The average Bonchev–Trinajstić information content (AvgIpc) is 2.89. The fourth-order valence-electron chi connectivity index (χ4n) is 5.13. The highest BCUT2D eigenvalue weighted by atomic mass is 16.5. The molecule has 1 aliphatic rings. The summed E-state index contributed by atoms with van der Waals surface area (Å²) in [5.41, 5.74) is 3.95. The Balaban J connectivity index is 1.26. The van der Waals surface area contributed by atoms with E-state index in [-0.39, 0.29) is 12.0 Å². The molecule has 3 aromatic carbocycles. The molecule has 1 fully saturated rings. The van der Waals surface area contributed by atoms with E-state index >= 15 is 0 Å². The molecule has 1 N–H and O–H groups in total. The van der Waals surface area contributed by atoms with Crippen LogP contribution in [-0.2, 0) is 6.42 Å². The van der Waals surface area contributed by atoms with Crippen LogP contribution in [0.4, 0.5) is 0 Å². The summed E-state index contributed by atoms with van der Waals surface area (Å²) in [5.74, 6) is 1.55. The van der Waals surface area contributed by atoms with Gasteiger partial charge in [0.25, 0.3) is 0 Å². The fourth-order valence-corrected chi connectivity index (χ4v) is 5.13. The van der Waals surface area contributed by atoms with Crippen molar-refractivity contribution in [3.8, 4) is 5.75 Å². The van der Waals surface area contributed by atoms with Gasteiger partial charge in [-0.05, 0) is 86.5 Å². The standard InChI is InChI=1S/C30H37NO2/c1-33-28-16-14-24(15-17-28)9-8-20-31-21-18-27(19-22-31)30(32)23-29(25-10-4-2-5-11-25)26-12-6-3-7-13-26/h2-7,10-17,27,29-30,32H,8-9,18-23H2,1H3. The van der Waals surface area contributed by atoms with Gasteiger partial charge < -0.3 is 14.7 Å². The third kappa shape index (κ3) is 6.69. The Morgan fingerprint density at radius 1 is 0.848 bits per heavy atom. The lowest BCUT2D eigenvalue weighted by molar-refractivity contribution is 0.0507. The highest BCUT2D eigenvalue weighted by Gasteiger charge is 2.28. The zero-order valence-electron chi connectivity index (χ0n) is 19.8. The summed E-state index contributed by atoms with van der Waals surface area (Å²) in [4.78, 5) is 2.57. The van der Waals surface area contributed by atoms with E-state index in [4.69, 9.17) is 4.74 Å². The van der Waals surface area contributed by atoms with E-state index in [0.717, 1.165) is 51.1 Å². The first-order valence-electron chi connectivity index (χ1n) is 12.4. The third-order valence-electron chi connectivity index (χ3n) is 7.16. The Kier molecular flexibility index (Phi) is 8.57. The van der Waals surface area contributed by atoms with Crippen molar-refractivity contribution in [1.29, 1.82) is 0 Å². The molecule has 1 aliphatic heterocycles. The maximum absolute atomic E-state index is 11.2. The topological polar surface area (TPSA) is 32.7 Å². The molecule has 1 heterocycles. The Morgan fingerprint density at radius 3 is 1.97 bits per heavy atom. The van der Waals surface area contributed by atoms with E-state index < -0.39 is 0 Å². The van der Waals surface area contributed by atoms with Crippen molar-refractivity contribution in [2.24, 2.45) is 5.92 Å². The summed E-state index contributed by atoms with van der Waals surface area (Å²) in [6, 6.07) is 29.7. The quantitative estimate of drug-likeness (QED) is 0.422. The Morgan fingerprint density at radius 2 is 1.42 bits per heavy atom. The zero-order chi connectivity index (χ0) is 22.9. The number of rotatable bonds is 10. The van der Waals surface area contributed by atoms with Gasteiger partial charge in [0.1, 0.15) is 5.75 Å². The van der Waals surface area contributed by atoms with Crippen molar-refractivity contribution in [2.45, 2.75) is 44.1 Å². The van der Waals surface area contributed by atoms with Gasteiger partial charge in [0, 0.05) is 5.92 Å². The van der Waals surface area contributed by atoms with Crippen LogP contribution >= 0.6 is 0 Å². The molecule has 0 aromatic heterocycles. The van der Waals surface area contributed by atoms with Crippen LogP contribution in [0, 0.1) is 5.92 Å². The van der Waals surface area contributed by atoms with E-state index in [1.165, 1.54) is 23.1 Å². The van der Waals surface area contributed by atoms with Crippen LogP contribution in [0.2, 0.25) is 0 Å². The maximum atomic E-state index is 11.2. The summed E-state index contributed by atoms with van der Waals surface area (Å²) in [5, 5.41) is 11.2. The summed E-state index contributed by atoms with van der Waals surface area (Å²) in [6.45, 7) is 3.31. The van der Waals surface area contributed by atoms with E-state index in [1.54, 1.807) is 7.11 Å². The van der Waals surface area contributed by atoms with Gasteiger partial charge in [0.2, 0.25) is 0 Å². The molecule has 0 bridgehead atoms. The van der Waals surface area contributed by atoms with Gasteiger partial charge in [0.05, 0.1) is 13.2 Å². The average molecular weight is 444 g/mol. The number of piperidine rings is 1. The van der Waals surface area contributed by atoms with Gasteiger partial charge >= 0.3 is 0 Å². The number of benzene rings is 3. The summed E-state index contributed by atoms with van der Waals surface area (Å²) in [7, 11) is 1.71. The van der Waals surface area contributed by atoms with Gasteiger partial charge in [-0.2, -0.15) is 0 Å². The predicted molar refractivity (Wildman–Crippen MR) is 136 cm³/mol. The normalized spacial score (nSPS) is 16.1. The number of aliphatic hydroxyl groups is 1. The largest absolute Gasteiger partial charge is 0.497 e. The smallest absolute Gasteiger partial charge is 0.118 e. The van der Waals surface area contributed by atoms with E-state index in [1.807, 2.05) is 12.1 Å². The lowest BCUT2D eigenvalue weighted by atomic mass is 9.81. The lowest BCUT2D eigenvalue weighted by Crippen LogP contribution is -2.38. The first-order chi connectivity index (χ1) is 16.2. The molecule has 3 heteroatoms. The van der Waals surface area contributed by atoms with Gasteiger partial charge in [-0.25, -0.2) is 0 Å². The number of methoxy groups -OCH3 is 1. The van der Waals surface area contributed by atoms with Crippen LogP contribution in [0.15, 0.2) is 84.9 Å². The molecule has 33 heavy (non-hydrogen) atoms.